The third kappa shape index (κ3) is 2.57. The average molecular weight is 278 g/mol. The zero-order chi connectivity index (χ0) is 13.9. The SMILES string of the molecule is COC(=O)c1c(CCl)ccc(C#N)c1C(F)(F)F. The molecule has 0 saturated carbocycles. The van der Waals surface area contributed by atoms with Crippen molar-refractivity contribution >= 4 is 17.6 Å². The molecule has 0 spiro atoms. The molecular formula is C11H7ClF3NO2. The molecule has 18 heavy (non-hydrogen) atoms. The molecule has 7 heteroatoms. The Morgan fingerprint density at radius 2 is 2.11 bits per heavy atom. The fraction of sp³-hybridized carbons (Fsp3) is 0.273. The molecule has 0 N–H and O–H groups in total. The molecule has 0 atom stereocenters. The van der Waals surface area contributed by atoms with E-state index in [1.807, 2.05) is 0 Å². The Morgan fingerprint density at radius 3 is 2.50 bits per heavy atom. The summed E-state index contributed by atoms with van der Waals surface area (Å²) in [5.74, 6) is -1.46. The molecule has 0 unspecified atom stereocenters. The molecule has 0 fully saturated rings. The van der Waals surface area contributed by atoms with Crippen molar-refractivity contribution in [3.8, 4) is 6.07 Å². The van der Waals surface area contributed by atoms with Crippen LogP contribution < -0.4 is 0 Å². The van der Waals surface area contributed by atoms with E-state index >= 15 is 0 Å². The molecule has 0 heterocycles. The van der Waals surface area contributed by atoms with Gasteiger partial charge < -0.3 is 4.74 Å². The summed E-state index contributed by atoms with van der Waals surface area (Å²) in [4.78, 5) is 11.4. The first kappa shape index (κ1) is 14.3. The molecule has 0 bridgehead atoms. The quantitative estimate of drug-likeness (QED) is 0.616. The highest BCUT2D eigenvalue weighted by Gasteiger charge is 2.39. The Hall–Kier alpha value is -1.74. The van der Waals surface area contributed by atoms with E-state index in [0.29, 0.717) is 0 Å². The van der Waals surface area contributed by atoms with Crippen LogP contribution in [-0.2, 0) is 16.8 Å². The van der Waals surface area contributed by atoms with Crippen molar-refractivity contribution < 1.29 is 22.7 Å². The van der Waals surface area contributed by atoms with Gasteiger partial charge in [-0.15, -0.1) is 11.6 Å². The van der Waals surface area contributed by atoms with Crippen LogP contribution in [0, 0.1) is 11.3 Å². The predicted molar refractivity (Wildman–Crippen MR) is 57.1 cm³/mol. The lowest BCUT2D eigenvalue weighted by atomic mass is 9.96. The number of carbonyl (C=O) groups is 1. The summed E-state index contributed by atoms with van der Waals surface area (Å²) in [7, 11) is 0.958. The fourth-order valence-corrected chi connectivity index (χ4v) is 1.70. The highest BCUT2D eigenvalue weighted by atomic mass is 35.5. The van der Waals surface area contributed by atoms with E-state index in [2.05, 4.69) is 4.74 Å². The summed E-state index contributed by atoms with van der Waals surface area (Å²) >= 11 is 5.49. The van der Waals surface area contributed by atoms with Crippen LogP contribution in [0.25, 0.3) is 0 Å². The molecule has 0 amide bonds. The maximum Gasteiger partial charge on any atom is 0.418 e. The highest BCUT2D eigenvalue weighted by molar-refractivity contribution is 6.17. The van der Waals surface area contributed by atoms with Gasteiger partial charge in [-0.05, 0) is 11.6 Å². The van der Waals surface area contributed by atoms with E-state index in [-0.39, 0.29) is 11.4 Å². The number of hydrogen-bond acceptors (Lipinski definition) is 3. The second kappa shape index (κ2) is 5.27. The molecule has 96 valence electrons. The normalized spacial score (nSPS) is 10.9. The van der Waals surface area contributed by atoms with E-state index in [4.69, 9.17) is 16.9 Å². The van der Waals surface area contributed by atoms with Crippen molar-refractivity contribution in [2.45, 2.75) is 12.1 Å². The number of nitrogens with zero attached hydrogens (tertiary/aromatic N) is 1. The van der Waals surface area contributed by atoms with Gasteiger partial charge in [0.05, 0.1) is 29.9 Å². The average Bonchev–Trinajstić information content (AvgIpc) is 2.34. The van der Waals surface area contributed by atoms with Crippen LogP contribution in [-0.4, -0.2) is 13.1 Å². The Bertz CT molecular complexity index is 520. The van der Waals surface area contributed by atoms with Crippen molar-refractivity contribution in [3.63, 3.8) is 0 Å². The van der Waals surface area contributed by atoms with Gasteiger partial charge >= 0.3 is 12.1 Å². The number of ether oxygens (including phenoxy) is 1. The first-order valence-corrected chi connectivity index (χ1v) is 5.17. The molecule has 1 aromatic rings. The maximum absolute atomic E-state index is 12.9. The van der Waals surface area contributed by atoms with Gasteiger partial charge in [0.1, 0.15) is 0 Å². The Labute approximate surface area is 106 Å². The van der Waals surface area contributed by atoms with Gasteiger partial charge in [0.15, 0.2) is 0 Å². The topological polar surface area (TPSA) is 50.1 Å². The number of methoxy groups -OCH3 is 1. The van der Waals surface area contributed by atoms with E-state index in [1.54, 1.807) is 0 Å². The van der Waals surface area contributed by atoms with Gasteiger partial charge in [-0.3, -0.25) is 0 Å². The predicted octanol–water partition coefficient (Wildman–Crippen LogP) is 3.10. The summed E-state index contributed by atoms with van der Waals surface area (Å²) in [6.07, 6.45) is -4.84. The lowest BCUT2D eigenvalue weighted by Gasteiger charge is -2.15. The van der Waals surface area contributed by atoms with Gasteiger partial charge in [-0.2, -0.15) is 18.4 Å². The van der Waals surface area contributed by atoms with Crippen LogP contribution >= 0.6 is 11.6 Å². The molecule has 1 aromatic carbocycles. The summed E-state index contributed by atoms with van der Waals surface area (Å²) in [6.45, 7) is 0. The number of alkyl halides is 4. The fourth-order valence-electron chi connectivity index (χ4n) is 1.48. The van der Waals surface area contributed by atoms with Crippen molar-refractivity contribution in [3.05, 3.63) is 34.4 Å². The maximum atomic E-state index is 12.9. The van der Waals surface area contributed by atoms with Crippen molar-refractivity contribution in [1.82, 2.24) is 0 Å². The number of carbonyl (C=O) groups excluding carboxylic acids is 1. The molecule has 0 saturated heterocycles. The Morgan fingerprint density at radius 1 is 1.50 bits per heavy atom. The van der Waals surface area contributed by atoms with Crippen molar-refractivity contribution in [2.75, 3.05) is 7.11 Å². The summed E-state index contributed by atoms with van der Waals surface area (Å²) in [6, 6.07) is 3.58. The molecule has 0 radical (unpaired) electrons. The molecule has 3 nitrogen and oxygen atoms in total. The second-order valence-corrected chi connectivity index (χ2v) is 3.52. The third-order valence-electron chi connectivity index (χ3n) is 2.23. The minimum Gasteiger partial charge on any atom is -0.465 e. The van der Waals surface area contributed by atoms with Crippen LogP contribution in [0.3, 0.4) is 0 Å². The van der Waals surface area contributed by atoms with Crippen LogP contribution in [0.4, 0.5) is 13.2 Å². The summed E-state index contributed by atoms with van der Waals surface area (Å²) < 4.78 is 43.0. The first-order chi connectivity index (χ1) is 8.36. The van der Waals surface area contributed by atoms with E-state index in [0.717, 1.165) is 13.2 Å². The standard InChI is InChI=1S/C11H7ClF3NO2/c1-18-10(17)8-6(4-12)2-3-7(5-16)9(8)11(13,14)15/h2-3H,4H2,1H3. The zero-order valence-corrected chi connectivity index (χ0v) is 9.89. The number of hydrogen-bond donors (Lipinski definition) is 0. The van der Waals surface area contributed by atoms with Crippen LogP contribution in [0.15, 0.2) is 12.1 Å². The van der Waals surface area contributed by atoms with Gasteiger partial charge in [0.2, 0.25) is 0 Å². The van der Waals surface area contributed by atoms with Gasteiger partial charge in [-0.25, -0.2) is 4.79 Å². The van der Waals surface area contributed by atoms with Crippen LogP contribution in [0.5, 0.6) is 0 Å². The number of nitriles is 1. The van der Waals surface area contributed by atoms with E-state index in [1.165, 1.54) is 12.1 Å². The Kier molecular flexibility index (Phi) is 4.19. The lowest BCUT2D eigenvalue weighted by Crippen LogP contribution is -2.18. The third-order valence-corrected chi connectivity index (χ3v) is 2.52. The highest BCUT2D eigenvalue weighted by Crippen LogP contribution is 2.36. The largest absolute Gasteiger partial charge is 0.465 e. The number of rotatable bonds is 2. The monoisotopic (exact) mass is 277 g/mol. The Balaban J connectivity index is 3.71. The van der Waals surface area contributed by atoms with Crippen LogP contribution in [0.1, 0.15) is 27.0 Å². The van der Waals surface area contributed by atoms with Gasteiger partial charge in [0.25, 0.3) is 0 Å². The van der Waals surface area contributed by atoms with Gasteiger partial charge in [0, 0.05) is 5.88 Å². The minimum absolute atomic E-state index is 0.0326. The zero-order valence-electron chi connectivity index (χ0n) is 9.14. The lowest BCUT2D eigenvalue weighted by molar-refractivity contribution is -0.138. The first-order valence-electron chi connectivity index (χ1n) is 4.64. The summed E-state index contributed by atoms with van der Waals surface area (Å²) in [5, 5.41) is 8.69. The smallest absolute Gasteiger partial charge is 0.418 e. The van der Waals surface area contributed by atoms with E-state index < -0.39 is 28.8 Å². The molecule has 0 aliphatic heterocycles. The molecular weight excluding hydrogens is 271 g/mol. The number of esters is 1. The number of benzene rings is 1. The molecule has 1 rings (SSSR count). The van der Waals surface area contributed by atoms with E-state index in [9.17, 15) is 18.0 Å². The molecule has 0 aliphatic carbocycles. The molecule has 0 aromatic heterocycles. The van der Waals surface area contributed by atoms with Gasteiger partial charge in [-0.1, -0.05) is 6.07 Å². The van der Waals surface area contributed by atoms with Crippen molar-refractivity contribution in [2.24, 2.45) is 0 Å². The summed E-state index contributed by atoms with van der Waals surface area (Å²) in [5.41, 5.74) is -2.69. The van der Waals surface area contributed by atoms with Crippen molar-refractivity contribution in [1.29, 1.82) is 5.26 Å². The molecule has 0 aliphatic rings. The van der Waals surface area contributed by atoms with Crippen LogP contribution in [0.2, 0.25) is 0 Å². The minimum atomic E-state index is -4.84. The second-order valence-electron chi connectivity index (χ2n) is 3.26. The number of halogens is 4.